The largest absolute Gasteiger partial charge is 0.480 e. The van der Waals surface area contributed by atoms with E-state index in [1.165, 1.54) is 6.07 Å². The number of nitrogens with zero attached hydrogens (tertiary/aromatic N) is 3. The van der Waals surface area contributed by atoms with Gasteiger partial charge in [-0.15, -0.1) is 0 Å². The number of nitrogens with two attached hydrogens (primary N) is 1. The number of halogens is 8. The Bertz CT molecular complexity index is 1610. The van der Waals surface area contributed by atoms with E-state index in [2.05, 4.69) is 15.3 Å². The van der Waals surface area contributed by atoms with Crippen molar-refractivity contribution in [2.75, 3.05) is 23.7 Å². The van der Waals surface area contributed by atoms with Gasteiger partial charge in [-0.3, -0.25) is 4.79 Å². The van der Waals surface area contributed by atoms with E-state index in [1.807, 2.05) is 11.8 Å². The molecule has 2 aliphatic rings. The van der Waals surface area contributed by atoms with Crippen LogP contribution in [0.3, 0.4) is 0 Å². The van der Waals surface area contributed by atoms with Crippen molar-refractivity contribution in [3.63, 3.8) is 0 Å². The fourth-order valence-corrected chi connectivity index (χ4v) is 6.87. The zero-order chi connectivity index (χ0) is 33.6. The zero-order valence-electron chi connectivity index (χ0n) is 24.2. The van der Waals surface area contributed by atoms with E-state index in [-0.39, 0.29) is 44.4 Å². The predicted molar refractivity (Wildman–Crippen MR) is 160 cm³/mol. The Morgan fingerprint density at radius 3 is 2.39 bits per heavy atom. The number of carbonyl (C=O) groups is 1. The topological polar surface area (TPSA) is 114 Å². The average molecular weight is 692 g/mol. The molecule has 0 amide bonds. The predicted octanol–water partition coefficient (Wildman–Crippen LogP) is 7.55. The highest BCUT2D eigenvalue weighted by Gasteiger charge is 2.50. The van der Waals surface area contributed by atoms with Crippen LogP contribution in [0.2, 0.25) is 10.0 Å². The smallest absolute Gasteiger partial charge is 0.429 e. The van der Waals surface area contributed by atoms with Crippen molar-refractivity contribution in [3.05, 3.63) is 63.6 Å². The normalized spacial score (nSPS) is 20.6. The van der Waals surface area contributed by atoms with Gasteiger partial charge in [0.2, 0.25) is 17.9 Å². The van der Waals surface area contributed by atoms with E-state index in [0.717, 1.165) is 30.7 Å². The van der Waals surface area contributed by atoms with Gasteiger partial charge >= 0.3 is 18.3 Å². The molecule has 4 N–H and O–H groups in total. The lowest BCUT2D eigenvalue weighted by atomic mass is 9.71. The van der Waals surface area contributed by atoms with Gasteiger partial charge in [0.05, 0.1) is 5.56 Å². The number of hydrogen-bond donors (Lipinski definition) is 3. The molecule has 0 saturated carbocycles. The standard InChI is InChI=1S/C30H29Cl2F6N5O3/c1-2-22-28(14-21(40-22)26(44)45)5-7-43(8-6-28)23-13-24(42-27(39)41-23)46-25(30(36,37)38)19-4-3-17(31)12-20(19)15-9-16(29(33,34)35)11-18(32)10-15/h3-4,9-13,21-22,25,40H,2,5-8,14H2,1H3,(H,44,45)(H2,39,41,42)/t21?,22?,25-/m1/s1. The molecule has 2 aromatic carbocycles. The van der Waals surface area contributed by atoms with Crippen molar-refractivity contribution in [1.82, 2.24) is 15.3 Å². The van der Waals surface area contributed by atoms with Gasteiger partial charge in [-0.05, 0) is 72.6 Å². The Labute approximate surface area is 269 Å². The van der Waals surface area contributed by atoms with Crippen LogP contribution in [0.25, 0.3) is 11.1 Å². The first-order chi connectivity index (χ1) is 21.5. The van der Waals surface area contributed by atoms with Crippen molar-refractivity contribution in [1.29, 1.82) is 0 Å². The highest BCUT2D eigenvalue weighted by Crippen LogP contribution is 2.47. The summed E-state index contributed by atoms with van der Waals surface area (Å²) in [4.78, 5) is 21.5. The molecule has 5 rings (SSSR count). The first kappa shape index (κ1) is 33.9. The second-order valence-electron chi connectivity index (χ2n) is 11.5. The van der Waals surface area contributed by atoms with Crippen LogP contribution in [0.5, 0.6) is 5.88 Å². The molecule has 0 aliphatic carbocycles. The summed E-state index contributed by atoms with van der Waals surface area (Å²) in [5, 5.41) is 12.4. The third-order valence-corrected chi connectivity index (χ3v) is 9.07. The van der Waals surface area contributed by atoms with Gasteiger partial charge in [0.25, 0.3) is 0 Å². The maximum absolute atomic E-state index is 14.6. The molecule has 0 bridgehead atoms. The van der Waals surface area contributed by atoms with Gasteiger partial charge in [-0.2, -0.15) is 36.3 Å². The molecule has 2 aliphatic heterocycles. The number of hydrogen-bond acceptors (Lipinski definition) is 7. The van der Waals surface area contributed by atoms with Crippen molar-refractivity contribution in [2.45, 2.75) is 63.1 Å². The number of nitrogens with one attached hydrogen (secondary N) is 1. The quantitative estimate of drug-likeness (QED) is 0.218. The highest BCUT2D eigenvalue weighted by molar-refractivity contribution is 6.31. The van der Waals surface area contributed by atoms with Crippen LogP contribution in [0.4, 0.5) is 38.1 Å². The summed E-state index contributed by atoms with van der Waals surface area (Å²) >= 11 is 12.0. The summed E-state index contributed by atoms with van der Waals surface area (Å²) in [7, 11) is 0. The molecule has 3 heterocycles. The number of nitrogen functional groups attached to an aromatic ring is 1. The second-order valence-corrected chi connectivity index (χ2v) is 12.4. The summed E-state index contributed by atoms with van der Waals surface area (Å²) in [5.74, 6) is -1.56. The summed E-state index contributed by atoms with van der Waals surface area (Å²) in [6, 6.07) is 6.29. The summed E-state index contributed by atoms with van der Waals surface area (Å²) in [6.45, 7) is 2.84. The molecule has 2 saturated heterocycles. The van der Waals surface area contributed by atoms with Gasteiger partial charge in [0.15, 0.2) is 0 Å². The monoisotopic (exact) mass is 691 g/mol. The maximum Gasteiger partial charge on any atom is 0.429 e. The minimum absolute atomic E-state index is 0.00191. The second kappa shape index (κ2) is 12.6. The lowest BCUT2D eigenvalue weighted by molar-refractivity contribution is -0.198. The number of ether oxygens (including phenoxy) is 1. The molecule has 3 atom stereocenters. The lowest BCUT2D eigenvalue weighted by Crippen LogP contribution is -2.46. The molecule has 2 unspecified atom stereocenters. The number of carboxylic acid groups (broad SMARTS) is 1. The van der Waals surface area contributed by atoms with Gasteiger partial charge in [0, 0.05) is 40.8 Å². The van der Waals surface area contributed by atoms with Crippen molar-refractivity contribution in [2.24, 2.45) is 5.41 Å². The zero-order valence-corrected chi connectivity index (χ0v) is 25.7. The molecular formula is C30H29Cl2F6N5O3. The lowest BCUT2D eigenvalue weighted by Gasteiger charge is -2.43. The first-order valence-electron chi connectivity index (χ1n) is 14.3. The van der Waals surface area contributed by atoms with E-state index < -0.39 is 47.5 Å². The SMILES string of the molecule is CCC1NC(C(=O)O)CC12CCN(c1cc(O[C@H](c3ccc(Cl)cc3-c3cc(Cl)cc(C(F)(F)F)c3)C(F)(F)F)nc(N)n1)CC2. The number of aliphatic carboxylic acids is 1. The Hall–Kier alpha value is -3.49. The van der Waals surface area contributed by atoms with Crippen LogP contribution in [-0.2, 0) is 11.0 Å². The molecule has 0 radical (unpaired) electrons. The number of aromatic nitrogens is 2. The molecule has 2 fully saturated rings. The van der Waals surface area contributed by atoms with Crippen molar-refractivity contribution in [3.8, 4) is 17.0 Å². The molecule has 1 aromatic heterocycles. The van der Waals surface area contributed by atoms with Crippen molar-refractivity contribution >= 4 is 40.9 Å². The fourth-order valence-electron chi connectivity index (χ4n) is 6.47. The van der Waals surface area contributed by atoms with E-state index in [0.29, 0.717) is 44.5 Å². The molecule has 3 aromatic rings. The number of anilines is 2. The van der Waals surface area contributed by atoms with Gasteiger partial charge in [-0.1, -0.05) is 36.2 Å². The summed E-state index contributed by atoms with van der Waals surface area (Å²) in [5.41, 5.74) is 3.42. The summed E-state index contributed by atoms with van der Waals surface area (Å²) < 4.78 is 89.9. The van der Waals surface area contributed by atoms with Crippen molar-refractivity contribution < 1.29 is 41.0 Å². The highest BCUT2D eigenvalue weighted by atomic mass is 35.5. The number of rotatable bonds is 7. The van der Waals surface area contributed by atoms with E-state index in [9.17, 15) is 36.2 Å². The number of carboxylic acids is 1. The van der Waals surface area contributed by atoms with Crippen LogP contribution in [0, 0.1) is 5.41 Å². The summed E-state index contributed by atoms with van der Waals surface area (Å²) in [6.07, 6.45) is -10.1. The maximum atomic E-state index is 14.6. The van der Waals surface area contributed by atoms with Crippen LogP contribution in [-0.4, -0.2) is 52.4 Å². The fraction of sp³-hybridized carbons (Fsp3) is 0.433. The van der Waals surface area contributed by atoms with Gasteiger partial charge in [0.1, 0.15) is 11.9 Å². The molecule has 16 heteroatoms. The number of alkyl halides is 6. The van der Waals surface area contributed by atoms with Crippen LogP contribution < -0.4 is 20.7 Å². The molecule has 1 spiro atoms. The van der Waals surface area contributed by atoms with E-state index in [4.69, 9.17) is 33.7 Å². The van der Waals surface area contributed by atoms with Crippen LogP contribution in [0.1, 0.15) is 49.8 Å². The van der Waals surface area contributed by atoms with Gasteiger partial charge < -0.3 is 25.8 Å². The molecular weight excluding hydrogens is 663 g/mol. The van der Waals surface area contributed by atoms with Gasteiger partial charge in [-0.25, -0.2) is 0 Å². The van der Waals surface area contributed by atoms with Crippen LogP contribution >= 0.6 is 23.2 Å². The minimum atomic E-state index is -5.06. The van der Waals surface area contributed by atoms with E-state index >= 15 is 0 Å². The third kappa shape index (κ3) is 7.08. The Morgan fingerprint density at radius 1 is 1.09 bits per heavy atom. The van der Waals surface area contributed by atoms with Crippen LogP contribution in [0.15, 0.2) is 42.5 Å². The molecule has 248 valence electrons. The molecule has 8 nitrogen and oxygen atoms in total. The Kier molecular flexibility index (Phi) is 9.28. The average Bonchev–Trinajstić information content (AvgIpc) is 3.33. The first-order valence-corrected chi connectivity index (χ1v) is 15.0. The minimum Gasteiger partial charge on any atom is -0.480 e. The van der Waals surface area contributed by atoms with E-state index in [1.54, 1.807) is 0 Å². The Morgan fingerprint density at radius 2 is 1.78 bits per heavy atom. The number of piperidine rings is 1. The third-order valence-electron chi connectivity index (χ3n) is 8.62. The Balaban J connectivity index is 1.45. The molecule has 46 heavy (non-hydrogen) atoms. The number of benzene rings is 2.